The number of aliphatic hydroxyl groups is 1. The van der Waals surface area contributed by atoms with E-state index in [-0.39, 0.29) is 33.9 Å². The quantitative estimate of drug-likeness (QED) is 0.311. The Hall–Kier alpha value is -1.44. The van der Waals surface area contributed by atoms with E-state index in [9.17, 15) is 18.3 Å². The van der Waals surface area contributed by atoms with Gasteiger partial charge in [-0.2, -0.15) is 8.42 Å². The molecule has 10 atom stereocenters. The molecular formula is C32H48O6S. The molecule has 0 unspecified atom stereocenters. The van der Waals surface area contributed by atoms with Crippen LogP contribution in [0, 0.1) is 53.3 Å². The number of hydrogen-bond donors (Lipinski definition) is 1. The molecule has 0 saturated heterocycles. The maximum absolute atomic E-state index is 13.0. The van der Waals surface area contributed by atoms with E-state index in [1.165, 1.54) is 7.11 Å². The van der Waals surface area contributed by atoms with Crippen LogP contribution in [0.2, 0.25) is 0 Å². The molecular weight excluding hydrogens is 512 g/mol. The van der Waals surface area contributed by atoms with Gasteiger partial charge in [0.15, 0.2) is 0 Å². The Balaban J connectivity index is 1.28. The lowest BCUT2D eigenvalue weighted by Crippen LogP contribution is -2.59. The summed E-state index contributed by atoms with van der Waals surface area (Å²) in [6, 6.07) is 6.89. The van der Waals surface area contributed by atoms with Crippen LogP contribution in [-0.2, 0) is 23.8 Å². The summed E-state index contributed by atoms with van der Waals surface area (Å²) in [6.45, 7) is 8.95. The number of carbonyl (C=O) groups excluding carboxylic acids is 1. The minimum absolute atomic E-state index is 0.104. The minimum atomic E-state index is -3.78. The molecule has 5 rings (SSSR count). The fourth-order valence-electron chi connectivity index (χ4n) is 9.82. The van der Waals surface area contributed by atoms with Crippen molar-refractivity contribution in [2.75, 3.05) is 7.11 Å². The number of ether oxygens (including phenoxy) is 1. The Morgan fingerprint density at radius 3 is 2.46 bits per heavy atom. The standard InChI is InChI=1S/C32H48O6S/c1-20-6-10-24(11-7-20)39(35,36)38-23-16-17-31(3)22(18-23)9-12-25-27-14-13-26(21(2)8-15-30(34)37-5)32(27,4)29(33)19-28(25)31/h6-7,10-11,21-23,25-29,33H,8-9,12-19H2,1-5H3/t21-,22-,23+,25-,26+,27-,28-,29-,31-,32+/m0/s1. The first-order valence-corrected chi connectivity index (χ1v) is 16.6. The first-order chi connectivity index (χ1) is 18.4. The molecule has 6 nitrogen and oxygen atoms in total. The van der Waals surface area contributed by atoms with Crippen LogP contribution in [0.4, 0.5) is 0 Å². The summed E-state index contributed by atoms with van der Waals surface area (Å²) < 4.78 is 36.7. The third kappa shape index (κ3) is 5.10. The van der Waals surface area contributed by atoms with Gasteiger partial charge < -0.3 is 9.84 Å². The highest BCUT2D eigenvalue weighted by atomic mass is 32.2. The lowest BCUT2D eigenvalue weighted by atomic mass is 9.43. The molecule has 4 fully saturated rings. The zero-order chi connectivity index (χ0) is 28.2. The highest BCUT2D eigenvalue weighted by Gasteiger charge is 2.63. The number of hydrogen-bond acceptors (Lipinski definition) is 6. The van der Waals surface area contributed by atoms with Crippen LogP contribution in [-0.4, -0.2) is 38.8 Å². The number of aliphatic hydroxyl groups excluding tert-OH is 1. The molecule has 0 spiro atoms. The van der Waals surface area contributed by atoms with Gasteiger partial charge in [0, 0.05) is 6.42 Å². The number of fused-ring (bicyclic) bond motifs is 5. The second-order valence-corrected chi connectivity index (χ2v) is 15.4. The predicted octanol–water partition coefficient (Wildman–Crippen LogP) is 6.29. The molecule has 39 heavy (non-hydrogen) atoms. The van der Waals surface area contributed by atoms with Crippen LogP contribution in [0.25, 0.3) is 0 Å². The summed E-state index contributed by atoms with van der Waals surface area (Å²) in [5.74, 6) is 2.63. The van der Waals surface area contributed by atoms with Crippen molar-refractivity contribution in [3.05, 3.63) is 29.8 Å². The van der Waals surface area contributed by atoms with Gasteiger partial charge in [0.1, 0.15) is 0 Å². The van der Waals surface area contributed by atoms with Crippen LogP contribution >= 0.6 is 0 Å². The molecule has 7 heteroatoms. The monoisotopic (exact) mass is 560 g/mol. The molecule has 0 aromatic heterocycles. The highest BCUT2D eigenvalue weighted by molar-refractivity contribution is 7.86. The Morgan fingerprint density at radius 1 is 1.05 bits per heavy atom. The fraction of sp³-hybridized carbons (Fsp3) is 0.781. The van der Waals surface area contributed by atoms with Crippen molar-refractivity contribution < 1.29 is 27.2 Å². The molecule has 0 aliphatic heterocycles. The van der Waals surface area contributed by atoms with Gasteiger partial charge in [0.25, 0.3) is 10.1 Å². The minimum Gasteiger partial charge on any atom is -0.469 e. The SMILES string of the molecule is COC(=O)CC[C@H](C)[C@H]1CC[C@H]2[C@@H]3CC[C@H]4C[C@H](OS(=O)(=O)c5ccc(C)cc5)CC[C@]4(C)[C@H]3C[C@H](O)[C@]12C. The van der Waals surface area contributed by atoms with Crippen LogP contribution < -0.4 is 0 Å². The summed E-state index contributed by atoms with van der Waals surface area (Å²) >= 11 is 0. The Bertz CT molecular complexity index is 1150. The third-order valence-electron chi connectivity index (χ3n) is 12.1. The fourth-order valence-corrected chi connectivity index (χ4v) is 10.9. The molecule has 1 aromatic rings. The van der Waals surface area contributed by atoms with E-state index in [4.69, 9.17) is 8.92 Å². The molecule has 218 valence electrons. The Labute approximate surface area is 235 Å². The van der Waals surface area contributed by atoms with Crippen LogP contribution in [0.5, 0.6) is 0 Å². The van der Waals surface area contributed by atoms with E-state index >= 15 is 0 Å². The third-order valence-corrected chi connectivity index (χ3v) is 13.5. The topological polar surface area (TPSA) is 89.9 Å². The highest BCUT2D eigenvalue weighted by Crippen LogP contribution is 2.68. The van der Waals surface area contributed by atoms with Crippen molar-refractivity contribution in [1.29, 1.82) is 0 Å². The van der Waals surface area contributed by atoms with Crippen LogP contribution in [0.15, 0.2) is 29.2 Å². The molecule has 4 saturated carbocycles. The zero-order valence-corrected chi connectivity index (χ0v) is 25.2. The van der Waals surface area contributed by atoms with E-state index in [2.05, 4.69) is 20.8 Å². The molecule has 0 heterocycles. The molecule has 0 bridgehead atoms. The summed E-state index contributed by atoms with van der Waals surface area (Å²) in [7, 11) is -2.33. The maximum Gasteiger partial charge on any atom is 0.305 e. The van der Waals surface area contributed by atoms with E-state index in [0.717, 1.165) is 63.4 Å². The van der Waals surface area contributed by atoms with Gasteiger partial charge in [-0.1, -0.05) is 38.5 Å². The lowest BCUT2D eigenvalue weighted by Gasteiger charge is -2.62. The van der Waals surface area contributed by atoms with Crippen LogP contribution in [0.3, 0.4) is 0 Å². The lowest BCUT2D eigenvalue weighted by molar-refractivity contribution is -0.173. The zero-order valence-electron chi connectivity index (χ0n) is 24.4. The van der Waals surface area contributed by atoms with Gasteiger partial charge in [-0.3, -0.25) is 8.98 Å². The average Bonchev–Trinajstić information content (AvgIpc) is 3.26. The summed E-state index contributed by atoms with van der Waals surface area (Å²) in [5, 5.41) is 11.8. The second kappa shape index (κ2) is 10.8. The summed E-state index contributed by atoms with van der Waals surface area (Å²) in [5.41, 5.74) is 1.02. The maximum atomic E-state index is 13.0. The second-order valence-electron chi connectivity index (χ2n) is 13.8. The smallest absolute Gasteiger partial charge is 0.305 e. The Kier molecular flexibility index (Phi) is 8.02. The first kappa shape index (κ1) is 29.1. The van der Waals surface area contributed by atoms with Crippen molar-refractivity contribution >= 4 is 16.1 Å². The molecule has 4 aliphatic carbocycles. The van der Waals surface area contributed by atoms with E-state index in [1.54, 1.807) is 12.1 Å². The number of methoxy groups -OCH3 is 1. The molecule has 1 aromatic carbocycles. The molecule has 0 amide bonds. The number of esters is 1. The summed E-state index contributed by atoms with van der Waals surface area (Å²) in [6.07, 6.45) is 8.46. The molecule has 1 N–H and O–H groups in total. The number of aryl methyl sites for hydroxylation is 1. The van der Waals surface area contributed by atoms with Crippen molar-refractivity contribution in [1.82, 2.24) is 0 Å². The first-order valence-electron chi connectivity index (χ1n) is 15.1. The normalized spacial score (nSPS) is 40.7. The van der Waals surface area contributed by atoms with Gasteiger partial charge in [0.05, 0.1) is 24.2 Å². The molecule has 4 aliphatic rings. The average molecular weight is 561 g/mol. The van der Waals surface area contributed by atoms with Crippen molar-refractivity contribution in [3.8, 4) is 0 Å². The van der Waals surface area contributed by atoms with E-state index in [0.29, 0.717) is 41.9 Å². The van der Waals surface area contributed by atoms with E-state index < -0.39 is 10.1 Å². The van der Waals surface area contributed by atoms with Gasteiger partial charge in [-0.15, -0.1) is 0 Å². The summed E-state index contributed by atoms with van der Waals surface area (Å²) in [4.78, 5) is 12.0. The van der Waals surface area contributed by atoms with Crippen molar-refractivity contribution in [3.63, 3.8) is 0 Å². The van der Waals surface area contributed by atoms with Gasteiger partial charge in [-0.25, -0.2) is 0 Å². The van der Waals surface area contributed by atoms with E-state index in [1.807, 2.05) is 19.1 Å². The Morgan fingerprint density at radius 2 is 1.77 bits per heavy atom. The van der Waals surface area contributed by atoms with Gasteiger partial charge in [0.2, 0.25) is 0 Å². The number of benzene rings is 1. The molecule has 0 radical (unpaired) electrons. The predicted molar refractivity (Wildman–Crippen MR) is 150 cm³/mol. The van der Waals surface area contributed by atoms with Crippen molar-refractivity contribution in [2.45, 2.75) is 109 Å². The largest absolute Gasteiger partial charge is 0.469 e. The van der Waals surface area contributed by atoms with Crippen LogP contribution in [0.1, 0.15) is 90.5 Å². The van der Waals surface area contributed by atoms with Crippen molar-refractivity contribution in [2.24, 2.45) is 46.3 Å². The number of rotatable bonds is 7. The van der Waals surface area contributed by atoms with Gasteiger partial charge in [-0.05, 0) is 123 Å². The number of carbonyl (C=O) groups is 1. The van der Waals surface area contributed by atoms with Gasteiger partial charge >= 0.3 is 5.97 Å².